The predicted molar refractivity (Wildman–Crippen MR) is 249 cm³/mol. The molecular weight excluding hydrogens is 727 g/mol. The maximum absolute atomic E-state index is 2.38. The molecule has 0 radical (unpaired) electrons. The minimum Gasteiger partial charge on any atom is -0.310 e. The van der Waals surface area contributed by atoms with E-state index in [0.717, 1.165) is 17.1 Å². The number of rotatable bonds is 7. The molecular formula is C54H35NS2. The molecule has 0 aliphatic carbocycles. The van der Waals surface area contributed by atoms with Gasteiger partial charge in [-0.2, -0.15) is 0 Å². The van der Waals surface area contributed by atoms with E-state index in [9.17, 15) is 0 Å². The number of fused-ring (bicyclic) bond motifs is 6. The molecule has 3 heteroatoms. The summed E-state index contributed by atoms with van der Waals surface area (Å²) in [5, 5.41) is 5.24. The third-order valence-electron chi connectivity index (χ3n) is 11.1. The van der Waals surface area contributed by atoms with E-state index < -0.39 is 0 Å². The van der Waals surface area contributed by atoms with Crippen molar-refractivity contribution in [2.75, 3.05) is 4.90 Å². The Labute approximate surface area is 340 Å². The van der Waals surface area contributed by atoms with E-state index in [1.165, 1.54) is 84.9 Å². The van der Waals surface area contributed by atoms with Gasteiger partial charge in [-0.15, -0.1) is 22.7 Å². The maximum atomic E-state index is 2.38. The summed E-state index contributed by atoms with van der Waals surface area (Å²) in [6.07, 6.45) is 0. The van der Waals surface area contributed by atoms with Crippen LogP contribution in [0.4, 0.5) is 17.1 Å². The van der Waals surface area contributed by atoms with Gasteiger partial charge in [-0.05, 0) is 111 Å². The van der Waals surface area contributed by atoms with Gasteiger partial charge in [0.2, 0.25) is 0 Å². The molecule has 0 aliphatic heterocycles. The highest BCUT2D eigenvalue weighted by Gasteiger charge is 2.16. The van der Waals surface area contributed by atoms with Gasteiger partial charge in [-0.1, -0.05) is 146 Å². The first-order valence-electron chi connectivity index (χ1n) is 19.3. The van der Waals surface area contributed by atoms with Crippen molar-refractivity contribution >= 4 is 80.1 Å². The number of anilines is 3. The molecule has 0 amide bonds. The Balaban J connectivity index is 0.916. The normalized spacial score (nSPS) is 11.5. The van der Waals surface area contributed by atoms with E-state index in [1.807, 2.05) is 22.7 Å². The average Bonchev–Trinajstić information content (AvgIpc) is 3.85. The molecule has 1 nitrogen and oxygen atoms in total. The molecule has 0 spiro atoms. The van der Waals surface area contributed by atoms with Crippen molar-refractivity contribution in [3.05, 3.63) is 212 Å². The fourth-order valence-electron chi connectivity index (χ4n) is 8.16. The fraction of sp³-hybridized carbons (Fsp3) is 0. The lowest BCUT2D eigenvalue weighted by atomic mass is 9.98. The molecule has 2 aromatic heterocycles. The topological polar surface area (TPSA) is 3.24 Å². The Bertz CT molecular complexity index is 3200. The van der Waals surface area contributed by atoms with Crippen molar-refractivity contribution in [3.63, 3.8) is 0 Å². The monoisotopic (exact) mass is 761 g/mol. The molecule has 0 fully saturated rings. The molecule has 0 aliphatic rings. The third-order valence-corrected chi connectivity index (χ3v) is 13.4. The van der Waals surface area contributed by atoms with Gasteiger partial charge in [0.15, 0.2) is 0 Å². The number of nitrogens with zero attached hydrogens (tertiary/aromatic N) is 1. The first kappa shape index (κ1) is 33.5. The molecule has 0 N–H and O–H groups in total. The first-order valence-corrected chi connectivity index (χ1v) is 20.9. The number of para-hydroxylation sites is 1. The lowest BCUT2D eigenvalue weighted by Gasteiger charge is -2.26. The van der Waals surface area contributed by atoms with Crippen molar-refractivity contribution in [3.8, 4) is 44.5 Å². The van der Waals surface area contributed by atoms with Gasteiger partial charge in [0.25, 0.3) is 0 Å². The molecule has 0 unspecified atom stereocenters. The highest BCUT2D eigenvalue weighted by Crippen LogP contribution is 2.43. The van der Waals surface area contributed by atoms with Crippen LogP contribution in [0.15, 0.2) is 212 Å². The van der Waals surface area contributed by atoms with Crippen molar-refractivity contribution in [1.29, 1.82) is 0 Å². The second-order valence-electron chi connectivity index (χ2n) is 14.5. The lowest BCUT2D eigenvalue weighted by Crippen LogP contribution is -2.09. The summed E-state index contributed by atoms with van der Waals surface area (Å²) in [4.78, 5) is 2.37. The minimum atomic E-state index is 1.12. The standard InChI is InChI=1S/C54H35NS2/c1-3-9-36(10-4-1)37-15-17-38(18-16-37)39-23-27-45(28-24-39)55(44-11-5-2-6-12-44)46-29-32-53-50(35-46)49-33-42(26-31-52(49)56-53)40-19-21-41(22-20-40)43-25-30-48-47-13-7-8-14-51(47)57-54(48)34-43/h1-35H. The van der Waals surface area contributed by atoms with Crippen molar-refractivity contribution in [1.82, 2.24) is 0 Å². The van der Waals surface area contributed by atoms with E-state index in [4.69, 9.17) is 0 Å². The molecule has 0 saturated carbocycles. The van der Waals surface area contributed by atoms with E-state index in [1.54, 1.807) is 0 Å². The van der Waals surface area contributed by atoms with Crippen LogP contribution in [-0.4, -0.2) is 0 Å². The zero-order valence-electron chi connectivity index (χ0n) is 31.0. The second-order valence-corrected chi connectivity index (χ2v) is 16.7. The molecule has 11 rings (SSSR count). The van der Waals surface area contributed by atoms with E-state index in [0.29, 0.717) is 0 Å². The number of thiophene rings is 2. The SMILES string of the molecule is c1ccc(-c2ccc(-c3ccc(N(c4ccccc4)c4ccc5sc6ccc(-c7ccc(-c8ccc9c(c8)sc8ccccc89)cc7)cc6c5c4)cc3)cc2)cc1. The summed E-state index contributed by atoms with van der Waals surface area (Å²) in [6, 6.07) is 77.5. The summed E-state index contributed by atoms with van der Waals surface area (Å²) >= 11 is 3.73. The summed E-state index contributed by atoms with van der Waals surface area (Å²) in [6.45, 7) is 0. The summed E-state index contributed by atoms with van der Waals surface area (Å²) < 4.78 is 5.26. The Morgan fingerprint density at radius 3 is 1.32 bits per heavy atom. The van der Waals surface area contributed by atoms with E-state index in [-0.39, 0.29) is 0 Å². The zero-order chi connectivity index (χ0) is 37.7. The van der Waals surface area contributed by atoms with Gasteiger partial charge in [0, 0.05) is 57.4 Å². The van der Waals surface area contributed by atoms with Crippen LogP contribution in [0, 0.1) is 0 Å². The van der Waals surface area contributed by atoms with Gasteiger partial charge >= 0.3 is 0 Å². The van der Waals surface area contributed by atoms with Crippen LogP contribution in [0.3, 0.4) is 0 Å². The van der Waals surface area contributed by atoms with Gasteiger partial charge in [0.05, 0.1) is 0 Å². The number of benzene rings is 9. The smallest absolute Gasteiger partial charge is 0.0468 e. The zero-order valence-corrected chi connectivity index (χ0v) is 32.6. The first-order chi connectivity index (χ1) is 28.2. The van der Waals surface area contributed by atoms with Crippen LogP contribution >= 0.6 is 22.7 Å². The summed E-state index contributed by atoms with van der Waals surface area (Å²) in [7, 11) is 0. The average molecular weight is 762 g/mol. The Morgan fingerprint density at radius 2 is 0.632 bits per heavy atom. The van der Waals surface area contributed by atoms with E-state index in [2.05, 4.69) is 217 Å². The van der Waals surface area contributed by atoms with Gasteiger partial charge in [-0.3, -0.25) is 0 Å². The second kappa shape index (κ2) is 14.1. The van der Waals surface area contributed by atoms with Crippen molar-refractivity contribution in [2.45, 2.75) is 0 Å². The van der Waals surface area contributed by atoms with Crippen LogP contribution in [-0.2, 0) is 0 Å². The van der Waals surface area contributed by atoms with Gasteiger partial charge in [0.1, 0.15) is 0 Å². The summed E-state index contributed by atoms with van der Waals surface area (Å²) in [5.41, 5.74) is 13.2. The van der Waals surface area contributed by atoms with E-state index >= 15 is 0 Å². The van der Waals surface area contributed by atoms with Crippen LogP contribution in [0.2, 0.25) is 0 Å². The molecule has 57 heavy (non-hydrogen) atoms. The largest absolute Gasteiger partial charge is 0.310 e. The van der Waals surface area contributed by atoms with Crippen LogP contribution < -0.4 is 4.90 Å². The quantitative estimate of drug-likeness (QED) is 0.156. The van der Waals surface area contributed by atoms with Crippen LogP contribution in [0.1, 0.15) is 0 Å². The lowest BCUT2D eigenvalue weighted by molar-refractivity contribution is 1.29. The fourth-order valence-corrected chi connectivity index (χ4v) is 10.4. The van der Waals surface area contributed by atoms with Gasteiger partial charge in [-0.25, -0.2) is 0 Å². The van der Waals surface area contributed by atoms with Gasteiger partial charge < -0.3 is 4.90 Å². The predicted octanol–water partition coefficient (Wildman–Crippen LogP) is 16.6. The Hall–Kier alpha value is -6.78. The number of hydrogen-bond donors (Lipinski definition) is 0. The molecule has 9 aromatic carbocycles. The van der Waals surface area contributed by atoms with Crippen molar-refractivity contribution < 1.29 is 0 Å². The van der Waals surface area contributed by atoms with Crippen LogP contribution in [0.5, 0.6) is 0 Å². The van der Waals surface area contributed by atoms with Crippen LogP contribution in [0.25, 0.3) is 84.9 Å². The Kier molecular flexibility index (Phi) is 8.28. The third kappa shape index (κ3) is 6.18. The minimum absolute atomic E-state index is 1.12. The summed E-state index contributed by atoms with van der Waals surface area (Å²) in [5.74, 6) is 0. The Morgan fingerprint density at radius 1 is 0.228 bits per heavy atom. The molecule has 0 saturated heterocycles. The van der Waals surface area contributed by atoms with Crippen molar-refractivity contribution in [2.24, 2.45) is 0 Å². The molecule has 268 valence electrons. The highest BCUT2D eigenvalue weighted by molar-refractivity contribution is 7.26. The maximum Gasteiger partial charge on any atom is 0.0468 e. The molecule has 11 aromatic rings. The highest BCUT2D eigenvalue weighted by atomic mass is 32.1. The number of hydrogen-bond acceptors (Lipinski definition) is 3. The molecule has 0 bridgehead atoms. The molecule has 0 atom stereocenters. The molecule has 2 heterocycles.